The zero-order chi connectivity index (χ0) is 14.7. The third-order valence-electron chi connectivity index (χ3n) is 3.20. The van der Waals surface area contributed by atoms with E-state index in [2.05, 4.69) is 16.4 Å². The Morgan fingerprint density at radius 3 is 2.67 bits per heavy atom. The molecule has 0 saturated heterocycles. The second-order valence-corrected chi connectivity index (χ2v) is 5.11. The predicted octanol–water partition coefficient (Wildman–Crippen LogP) is 4.40. The number of rotatable bonds is 4. The molecule has 0 radical (unpaired) electrons. The van der Waals surface area contributed by atoms with Crippen LogP contribution < -0.4 is 10.1 Å². The molecule has 0 amide bonds. The van der Waals surface area contributed by atoms with Crippen molar-refractivity contribution in [1.29, 1.82) is 0 Å². The van der Waals surface area contributed by atoms with E-state index in [0.29, 0.717) is 16.7 Å². The van der Waals surface area contributed by atoms with E-state index >= 15 is 0 Å². The van der Waals surface area contributed by atoms with E-state index in [1.54, 1.807) is 6.07 Å². The van der Waals surface area contributed by atoms with Gasteiger partial charge in [0.25, 0.3) is 0 Å². The quantitative estimate of drug-likeness (QED) is 0.775. The number of benzene rings is 2. The fourth-order valence-corrected chi connectivity index (χ4v) is 2.42. The highest BCUT2D eigenvalue weighted by Gasteiger charge is 2.08. The number of para-hydroxylation sites is 2. The third kappa shape index (κ3) is 2.99. The summed E-state index contributed by atoms with van der Waals surface area (Å²) in [6.07, 6.45) is 0. The molecular weight excluding hydrogens is 284 g/mol. The first-order valence-corrected chi connectivity index (χ1v) is 7.11. The third-order valence-corrected chi connectivity index (χ3v) is 3.51. The van der Waals surface area contributed by atoms with Gasteiger partial charge in [-0.1, -0.05) is 41.9 Å². The summed E-state index contributed by atoms with van der Waals surface area (Å²) < 4.78 is 5.83. The molecule has 1 N–H and O–H groups in total. The first kappa shape index (κ1) is 13.9. The lowest BCUT2D eigenvalue weighted by Gasteiger charge is -2.11. The van der Waals surface area contributed by atoms with Crippen LogP contribution in [0.15, 0.2) is 54.6 Å². The maximum absolute atomic E-state index is 6.13. The van der Waals surface area contributed by atoms with E-state index < -0.39 is 0 Å². The molecule has 3 rings (SSSR count). The molecule has 0 atom stereocenters. The highest BCUT2D eigenvalue weighted by molar-refractivity contribution is 6.32. The van der Waals surface area contributed by atoms with Crippen molar-refractivity contribution in [3.05, 3.63) is 65.2 Å². The van der Waals surface area contributed by atoms with Crippen LogP contribution in [-0.2, 0) is 6.54 Å². The van der Waals surface area contributed by atoms with E-state index in [-0.39, 0.29) is 0 Å². The number of halogens is 1. The van der Waals surface area contributed by atoms with Gasteiger partial charge in [0.1, 0.15) is 5.75 Å². The summed E-state index contributed by atoms with van der Waals surface area (Å²) in [6.45, 7) is 0.752. The highest BCUT2D eigenvalue weighted by Crippen LogP contribution is 2.30. The van der Waals surface area contributed by atoms with E-state index in [4.69, 9.17) is 16.3 Å². The van der Waals surface area contributed by atoms with Gasteiger partial charge in [-0.05, 0) is 30.8 Å². The normalized spacial score (nSPS) is 10.8. The number of ether oxygens (including phenoxy) is 1. The number of fused-ring (bicyclic) bond motifs is 1. The number of pyridine rings is 1. The summed E-state index contributed by atoms with van der Waals surface area (Å²) in [5, 5.41) is 4.86. The van der Waals surface area contributed by atoms with Crippen molar-refractivity contribution in [3.8, 4) is 11.6 Å². The Kier molecular flexibility index (Phi) is 4.04. The van der Waals surface area contributed by atoms with Crippen LogP contribution in [-0.4, -0.2) is 12.0 Å². The van der Waals surface area contributed by atoms with Crippen molar-refractivity contribution >= 4 is 22.5 Å². The van der Waals surface area contributed by atoms with Crippen molar-refractivity contribution in [1.82, 2.24) is 10.3 Å². The molecule has 3 nitrogen and oxygen atoms in total. The van der Waals surface area contributed by atoms with Crippen LogP contribution in [0.1, 0.15) is 5.56 Å². The number of hydrogen-bond donors (Lipinski definition) is 1. The minimum absolute atomic E-state index is 0.548. The van der Waals surface area contributed by atoms with Crippen LogP contribution in [0.4, 0.5) is 0 Å². The Balaban J connectivity index is 2.05. The first-order chi connectivity index (χ1) is 10.3. The summed E-state index contributed by atoms with van der Waals surface area (Å²) in [7, 11) is 1.92. The van der Waals surface area contributed by atoms with E-state index in [1.807, 2.05) is 49.5 Å². The molecule has 4 heteroatoms. The Bertz CT molecular complexity index is 774. The average Bonchev–Trinajstić information content (AvgIpc) is 2.50. The van der Waals surface area contributed by atoms with Gasteiger partial charge in [0.2, 0.25) is 5.88 Å². The largest absolute Gasteiger partial charge is 0.437 e. The molecule has 0 aliphatic carbocycles. The molecule has 0 aliphatic rings. The van der Waals surface area contributed by atoms with Crippen LogP contribution >= 0.6 is 11.6 Å². The first-order valence-electron chi connectivity index (χ1n) is 6.73. The van der Waals surface area contributed by atoms with Crippen molar-refractivity contribution in [2.45, 2.75) is 6.54 Å². The molecule has 0 unspecified atom stereocenters. The SMILES string of the molecule is CNCc1cc(Oc2ccccc2Cl)nc2ccccc12. The molecule has 2 aromatic carbocycles. The Hall–Kier alpha value is -2.10. The monoisotopic (exact) mass is 298 g/mol. The molecular formula is C17H15ClN2O. The van der Waals surface area contributed by atoms with Gasteiger partial charge in [-0.3, -0.25) is 0 Å². The number of nitrogens with one attached hydrogen (secondary N) is 1. The molecule has 0 saturated carbocycles. The molecule has 0 aliphatic heterocycles. The number of aromatic nitrogens is 1. The fraction of sp³-hybridized carbons (Fsp3) is 0.118. The number of hydrogen-bond acceptors (Lipinski definition) is 3. The van der Waals surface area contributed by atoms with Crippen LogP contribution in [0, 0.1) is 0 Å². The molecule has 1 heterocycles. The van der Waals surface area contributed by atoms with Crippen LogP contribution in [0.2, 0.25) is 5.02 Å². The fourth-order valence-electron chi connectivity index (χ4n) is 2.25. The van der Waals surface area contributed by atoms with Crippen molar-refractivity contribution in [2.75, 3.05) is 7.05 Å². The van der Waals surface area contributed by atoms with Crippen molar-refractivity contribution < 1.29 is 4.74 Å². The summed E-state index contributed by atoms with van der Waals surface area (Å²) in [6, 6.07) is 17.4. The van der Waals surface area contributed by atoms with Gasteiger partial charge in [0.15, 0.2) is 0 Å². The van der Waals surface area contributed by atoms with Gasteiger partial charge in [-0.15, -0.1) is 0 Å². The van der Waals surface area contributed by atoms with Gasteiger partial charge < -0.3 is 10.1 Å². The van der Waals surface area contributed by atoms with E-state index in [1.165, 1.54) is 0 Å². The van der Waals surface area contributed by atoms with Gasteiger partial charge in [0, 0.05) is 18.0 Å². The minimum atomic E-state index is 0.548. The van der Waals surface area contributed by atoms with Crippen molar-refractivity contribution in [3.63, 3.8) is 0 Å². The van der Waals surface area contributed by atoms with Gasteiger partial charge >= 0.3 is 0 Å². The minimum Gasteiger partial charge on any atom is -0.437 e. The molecule has 0 spiro atoms. The Morgan fingerprint density at radius 2 is 1.86 bits per heavy atom. The van der Waals surface area contributed by atoms with Crippen LogP contribution in [0.3, 0.4) is 0 Å². The lowest BCUT2D eigenvalue weighted by Crippen LogP contribution is -2.06. The van der Waals surface area contributed by atoms with Gasteiger partial charge in [0.05, 0.1) is 10.5 Å². The number of nitrogens with zero attached hydrogens (tertiary/aromatic N) is 1. The zero-order valence-electron chi connectivity index (χ0n) is 11.6. The van der Waals surface area contributed by atoms with Crippen LogP contribution in [0.5, 0.6) is 11.6 Å². The molecule has 0 bridgehead atoms. The summed E-state index contributed by atoms with van der Waals surface area (Å²) >= 11 is 6.13. The Morgan fingerprint density at radius 1 is 1.10 bits per heavy atom. The maximum Gasteiger partial charge on any atom is 0.220 e. The average molecular weight is 299 g/mol. The molecule has 21 heavy (non-hydrogen) atoms. The second-order valence-electron chi connectivity index (χ2n) is 4.70. The van der Waals surface area contributed by atoms with Crippen molar-refractivity contribution in [2.24, 2.45) is 0 Å². The maximum atomic E-state index is 6.13. The van der Waals surface area contributed by atoms with Crippen LogP contribution in [0.25, 0.3) is 10.9 Å². The molecule has 106 valence electrons. The summed E-state index contributed by atoms with van der Waals surface area (Å²) in [4.78, 5) is 4.55. The highest BCUT2D eigenvalue weighted by atomic mass is 35.5. The standard InChI is InChI=1S/C17H15ClN2O/c1-19-11-12-10-17(20-15-8-4-2-6-13(12)15)21-16-9-5-3-7-14(16)18/h2-10,19H,11H2,1H3. The second kappa shape index (κ2) is 6.12. The lowest BCUT2D eigenvalue weighted by molar-refractivity contribution is 0.464. The lowest BCUT2D eigenvalue weighted by atomic mass is 10.1. The topological polar surface area (TPSA) is 34.1 Å². The summed E-state index contributed by atoms with van der Waals surface area (Å²) in [5.41, 5.74) is 2.05. The molecule has 3 aromatic rings. The molecule has 1 aromatic heterocycles. The zero-order valence-corrected chi connectivity index (χ0v) is 12.4. The van der Waals surface area contributed by atoms with E-state index in [0.717, 1.165) is 23.0 Å². The van der Waals surface area contributed by atoms with Gasteiger partial charge in [-0.25, -0.2) is 4.98 Å². The van der Waals surface area contributed by atoms with E-state index in [9.17, 15) is 0 Å². The molecule has 0 fully saturated rings. The predicted molar refractivity (Wildman–Crippen MR) is 86.0 cm³/mol. The van der Waals surface area contributed by atoms with Gasteiger partial charge in [-0.2, -0.15) is 0 Å². The Labute approximate surface area is 128 Å². The summed E-state index contributed by atoms with van der Waals surface area (Å²) in [5.74, 6) is 1.16. The smallest absolute Gasteiger partial charge is 0.220 e.